The molecule has 2 rings (SSSR count). The predicted octanol–water partition coefficient (Wildman–Crippen LogP) is 1.49. The molecule has 9 heteroatoms. The second-order valence-electron chi connectivity index (χ2n) is 5.21. The molecule has 0 amide bonds. The maximum atomic E-state index is 14.2. The van der Waals surface area contributed by atoms with Crippen LogP contribution in [0, 0.1) is 11.7 Å². The Bertz CT molecular complexity index is 642. The van der Waals surface area contributed by atoms with Crippen molar-refractivity contribution >= 4 is 22.4 Å². The molecule has 132 valence electrons. The summed E-state index contributed by atoms with van der Waals surface area (Å²) in [6.45, 7) is 1.51. The van der Waals surface area contributed by atoms with Gasteiger partial charge in [0.15, 0.2) is 11.5 Å². The van der Waals surface area contributed by atoms with Crippen LogP contribution in [0.3, 0.4) is 0 Å². The molecule has 1 fully saturated rings. The highest BCUT2D eigenvalue weighted by molar-refractivity contribution is 7.89. The number of sulfonamides is 1. The van der Waals surface area contributed by atoms with E-state index in [4.69, 9.17) is 9.47 Å². The average Bonchev–Trinajstić information content (AvgIpc) is 2.96. The minimum Gasteiger partial charge on any atom is -0.493 e. The predicted molar refractivity (Wildman–Crippen MR) is 87.5 cm³/mol. The third kappa shape index (κ3) is 4.06. The Hall–Kier alpha value is -1.09. The number of nitrogens with zero attached hydrogens (tertiary/aromatic N) is 1. The Morgan fingerprint density at radius 1 is 1.30 bits per heavy atom. The van der Waals surface area contributed by atoms with Gasteiger partial charge in [0.2, 0.25) is 10.0 Å². The molecule has 23 heavy (non-hydrogen) atoms. The minimum absolute atomic E-state index is 0. The molecule has 1 aromatic rings. The van der Waals surface area contributed by atoms with Crippen LogP contribution < -0.4 is 14.8 Å². The van der Waals surface area contributed by atoms with Gasteiger partial charge in [-0.3, -0.25) is 0 Å². The van der Waals surface area contributed by atoms with E-state index in [1.807, 2.05) is 7.05 Å². The van der Waals surface area contributed by atoms with Gasteiger partial charge >= 0.3 is 0 Å². The van der Waals surface area contributed by atoms with Gasteiger partial charge in [-0.05, 0) is 25.9 Å². The van der Waals surface area contributed by atoms with Crippen molar-refractivity contribution in [2.24, 2.45) is 5.92 Å². The second kappa shape index (κ2) is 8.14. The largest absolute Gasteiger partial charge is 0.493 e. The number of halogens is 2. The van der Waals surface area contributed by atoms with E-state index in [0.29, 0.717) is 13.1 Å². The van der Waals surface area contributed by atoms with Gasteiger partial charge in [0.25, 0.3) is 0 Å². The number of methoxy groups -OCH3 is 2. The fourth-order valence-electron chi connectivity index (χ4n) is 2.64. The van der Waals surface area contributed by atoms with Crippen LogP contribution in [-0.4, -0.2) is 53.6 Å². The van der Waals surface area contributed by atoms with E-state index >= 15 is 0 Å². The van der Waals surface area contributed by atoms with Crippen LogP contribution in [0.25, 0.3) is 0 Å². The lowest BCUT2D eigenvalue weighted by Crippen LogP contribution is -2.31. The summed E-state index contributed by atoms with van der Waals surface area (Å²) in [4.78, 5) is -0.379. The van der Waals surface area contributed by atoms with Gasteiger partial charge < -0.3 is 14.8 Å². The molecule has 1 aliphatic heterocycles. The van der Waals surface area contributed by atoms with Gasteiger partial charge in [0.05, 0.1) is 14.2 Å². The molecule has 6 nitrogen and oxygen atoms in total. The first kappa shape index (κ1) is 20.0. The quantitative estimate of drug-likeness (QED) is 0.824. The van der Waals surface area contributed by atoms with Gasteiger partial charge in [-0.1, -0.05) is 0 Å². The lowest BCUT2D eigenvalue weighted by molar-refractivity contribution is 0.349. The summed E-state index contributed by atoms with van der Waals surface area (Å²) in [5.74, 6) is -0.250. The Labute approximate surface area is 142 Å². The molecule has 1 aliphatic rings. The number of nitrogens with one attached hydrogen (secondary N) is 1. The van der Waals surface area contributed by atoms with Gasteiger partial charge in [-0.15, -0.1) is 12.4 Å². The summed E-state index contributed by atoms with van der Waals surface area (Å²) >= 11 is 0. The standard InChI is InChI=1S/C14H21FN2O4S.ClH/c1-16-8-10-4-5-17(9-10)22(18,19)14-7-13(21-3)12(20-2)6-11(14)15;/h6-7,10,16H,4-5,8-9H2,1-3H3;1H. The molecular weight excluding hydrogens is 347 g/mol. The third-order valence-electron chi connectivity index (χ3n) is 3.80. The van der Waals surface area contributed by atoms with Crippen LogP contribution in [0.4, 0.5) is 4.39 Å². The van der Waals surface area contributed by atoms with E-state index in [2.05, 4.69) is 5.32 Å². The van der Waals surface area contributed by atoms with Crippen molar-refractivity contribution in [2.75, 3.05) is 40.9 Å². The normalized spacial score (nSPS) is 18.5. The molecule has 0 saturated carbocycles. The first-order valence-corrected chi connectivity index (χ1v) is 8.44. The van der Waals surface area contributed by atoms with E-state index in [1.165, 1.54) is 24.6 Å². The lowest BCUT2D eigenvalue weighted by Gasteiger charge is -2.18. The Morgan fingerprint density at radius 3 is 2.48 bits per heavy atom. The van der Waals surface area contributed by atoms with Gasteiger partial charge in [0, 0.05) is 25.2 Å². The van der Waals surface area contributed by atoms with Crippen molar-refractivity contribution in [2.45, 2.75) is 11.3 Å². The lowest BCUT2D eigenvalue weighted by atomic mass is 10.1. The first-order valence-electron chi connectivity index (χ1n) is 7.00. The number of benzene rings is 1. The fourth-order valence-corrected chi connectivity index (χ4v) is 4.24. The van der Waals surface area contributed by atoms with Crippen LogP contribution in [0.2, 0.25) is 0 Å². The maximum Gasteiger partial charge on any atom is 0.246 e. The van der Waals surface area contributed by atoms with Crippen molar-refractivity contribution in [1.82, 2.24) is 9.62 Å². The first-order chi connectivity index (χ1) is 10.4. The molecule has 1 aromatic carbocycles. The molecule has 0 radical (unpaired) electrons. The van der Waals surface area contributed by atoms with Crippen LogP contribution in [0.5, 0.6) is 11.5 Å². The van der Waals surface area contributed by atoms with E-state index < -0.39 is 15.8 Å². The van der Waals surface area contributed by atoms with Crippen LogP contribution in [-0.2, 0) is 10.0 Å². The zero-order chi connectivity index (χ0) is 16.3. The van der Waals surface area contributed by atoms with Crippen molar-refractivity contribution in [1.29, 1.82) is 0 Å². The monoisotopic (exact) mass is 368 g/mol. The fraction of sp³-hybridized carbons (Fsp3) is 0.571. The molecule has 1 atom stereocenters. The Morgan fingerprint density at radius 2 is 1.91 bits per heavy atom. The summed E-state index contributed by atoms with van der Waals surface area (Å²) < 4.78 is 50.8. The van der Waals surface area contributed by atoms with Crippen LogP contribution >= 0.6 is 12.4 Å². The number of rotatable bonds is 6. The summed E-state index contributed by atoms with van der Waals surface area (Å²) in [5.41, 5.74) is 0. The summed E-state index contributed by atoms with van der Waals surface area (Å²) in [7, 11) is 0.691. The third-order valence-corrected chi connectivity index (χ3v) is 5.68. The summed E-state index contributed by atoms with van der Waals surface area (Å²) in [5, 5.41) is 3.03. The molecule has 1 unspecified atom stereocenters. The van der Waals surface area contributed by atoms with Crippen molar-refractivity contribution in [3.05, 3.63) is 17.9 Å². The van der Waals surface area contributed by atoms with E-state index in [1.54, 1.807) is 0 Å². The van der Waals surface area contributed by atoms with Crippen molar-refractivity contribution in [3.8, 4) is 11.5 Å². The van der Waals surface area contributed by atoms with Gasteiger partial charge in [-0.25, -0.2) is 12.8 Å². The van der Waals surface area contributed by atoms with E-state index in [-0.39, 0.29) is 34.7 Å². The highest BCUT2D eigenvalue weighted by Crippen LogP contribution is 2.34. The Balaban J connectivity index is 0.00000264. The highest BCUT2D eigenvalue weighted by atomic mass is 35.5. The molecule has 0 aromatic heterocycles. The average molecular weight is 369 g/mol. The molecule has 1 saturated heterocycles. The van der Waals surface area contributed by atoms with Gasteiger partial charge in [-0.2, -0.15) is 4.31 Å². The minimum atomic E-state index is -3.88. The SMILES string of the molecule is CNCC1CCN(S(=O)(=O)c2cc(OC)c(OC)cc2F)C1.Cl. The van der Waals surface area contributed by atoms with E-state index in [0.717, 1.165) is 19.0 Å². The van der Waals surface area contributed by atoms with Crippen LogP contribution in [0.1, 0.15) is 6.42 Å². The van der Waals surface area contributed by atoms with Crippen molar-refractivity contribution in [3.63, 3.8) is 0 Å². The Kier molecular flexibility index (Phi) is 7.06. The number of ether oxygens (including phenoxy) is 2. The zero-order valence-corrected chi connectivity index (χ0v) is 15.0. The number of hydrogen-bond acceptors (Lipinski definition) is 5. The summed E-state index contributed by atoms with van der Waals surface area (Å²) in [6, 6.07) is 2.21. The zero-order valence-electron chi connectivity index (χ0n) is 13.3. The smallest absolute Gasteiger partial charge is 0.246 e. The topological polar surface area (TPSA) is 67.9 Å². The molecule has 0 aliphatic carbocycles. The molecule has 0 spiro atoms. The number of hydrogen-bond donors (Lipinski definition) is 1. The van der Waals surface area contributed by atoms with Gasteiger partial charge in [0.1, 0.15) is 10.7 Å². The maximum absolute atomic E-state index is 14.2. The highest BCUT2D eigenvalue weighted by Gasteiger charge is 2.34. The molecular formula is C14H22ClFN2O4S. The molecule has 1 N–H and O–H groups in total. The molecule has 1 heterocycles. The van der Waals surface area contributed by atoms with E-state index in [9.17, 15) is 12.8 Å². The van der Waals surface area contributed by atoms with Crippen LogP contribution in [0.15, 0.2) is 17.0 Å². The van der Waals surface area contributed by atoms with Crippen molar-refractivity contribution < 1.29 is 22.3 Å². The second-order valence-corrected chi connectivity index (χ2v) is 7.12. The molecule has 0 bridgehead atoms. The summed E-state index contributed by atoms with van der Waals surface area (Å²) in [6.07, 6.45) is 0.759.